The average Bonchev–Trinajstić information content (AvgIpc) is 2.99. The van der Waals surface area contributed by atoms with Gasteiger partial charge in [-0.3, -0.25) is 4.55 Å². The monoisotopic (exact) mass is 456 g/mol. The Morgan fingerprint density at radius 3 is 2.41 bits per heavy atom. The lowest BCUT2D eigenvalue weighted by molar-refractivity contribution is -0.0143. The number of hydrogen-bond acceptors (Lipinski definition) is 4. The molecule has 0 radical (unpaired) electrons. The Balaban J connectivity index is 1.82. The lowest BCUT2D eigenvalue weighted by atomic mass is 9.96. The molecule has 0 amide bonds. The van der Waals surface area contributed by atoms with Crippen LogP contribution >= 0.6 is 0 Å². The summed E-state index contributed by atoms with van der Waals surface area (Å²) >= 11 is 0. The molecule has 1 aliphatic rings. The second kappa shape index (κ2) is 8.54. The third kappa shape index (κ3) is 4.48. The van der Waals surface area contributed by atoms with Crippen LogP contribution in [0.25, 0.3) is 0 Å². The molecule has 1 unspecified atom stereocenters. The lowest BCUT2D eigenvalue weighted by Gasteiger charge is -2.35. The number of halogens is 1. The Labute approximate surface area is 187 Å². The maximum absolute atomic E-state index is 13.3. The van der Waals surface area contributed by atoms with Gasteiger partial charge in [0.25, 0.3) is 10.1 Å². The Hall–Kier alpha value is -2.94. The van der Waals surface area contributed by atoms with Gasteiger partial charge in [0.15, 0.2) is 0 Å². The molecule has 0 aliphatic carbocycles. The molecule has 168 valence electrons. The third-order valence-electron chi connectivity index (χ3n) is 5.80. The summed E-state index contributed by atoms with van der Waals surface area (Å²) in [6, 6.07) is 15.6. The van der Waals surface area contributed by atoms with Gasteiger partial charge in [0.1, 0.15) is 17.2 Å². The zero-order valence-electron chi connectivity index (χ0n) is 17.9. The molecule has 32 heavy (non-hydrogen) atoms. The molecule has 1 aromatic heterocycles. The Morgan fingerprint density at radius 1 is 1.06 bits per heavy atom. The van der Waals surface area contributed by atoms with Crippen molar-refractivity contribution in [1.82, 2.24) is 4.57 Å². The number of aromatic nitrogens is 1. The molecule has 6 nitrogen and oxygen atoms in total. The van der Waals surface area contributed by atoms with Gasteiger partial charge in [-0.2, -0.15) is 8.42 Å². The van der Waals surface area contributed by atoms with Crippen molar-refractivity contribution in [2.75, 3.05) is 11.1 Å². The molecule has 3 aromatic rings. The largest absolute Gasteiger partial charge is 0.360 e. The van der Waals surface area contributed by atoms with E-state index < -0.39 is 21.5 Å². The number of nitrogens with zero attached hydrogens (tertiary/aromatic N) is 1. The third-order valence-corrected chi connectivity index (χ3v) is 6.59. The summed E-state index contributed by atoms with van der Waals surface area (Å²) in [6.45, 7) is 4.47. The number of ether oxygens (including phenoxy) is 1. The molecule has 0 saturated heterocycles. The van der Waals surface area contributed by atoms with E-state index in [0.29, 0.717) is 17.8 Å². The first-order valence-corrected chi connectivity index (χ1v) is 11.8. The molecule has 0 saturated carbocycles. The summed E-state index contributed by atoms with van der Waals surface area (Å²) in [7, 11) is -4.41. The molecule has 4 rings (SSSR count). The van der Waals surface area contributed by atoms with Crippen molar-refractivity contribution in [1.29, 1.82) is 0 Å². The SMILES string of the molecule is Cc1c2c(n(Cc3ccccc3)c1C)C(CS(=O)(=O)O)(OCc1ccc(F)cc1)C=CN2. The highest BCUT2D eigenvalue weighted by Gasteiger charge is 2.43. The number of rotatable bonds is 7. The fourth-order valence-corrected chi connectivity index (χ4v) is 4.98. The molecule has 0 fully saturated rings. The summed E-state index contributed by atoms with van der Waals surface area (Å²) in [5.41, 5.74) is 3.59. The summed E-state index contributed by atoms with van der Waals surface area (Å²) < 4.78 is 55.6. The molecule has 1 aliphatic heterocycles. The first-order valence-electron chi connectivity index (χ1n) is 10.2. The highest BCUT2D eigenvalue weighted by atomic mass is 32.2. The van der Waals surface area contributed by atoms with E-state index in [9.17, 15) is 17.4 Å². The van der Waals surface area contributed by atoms with Gasteiger partial charge in [0.2, 0.25) is 0 Å². The lowest BCUT2D eigenvalue weighted by Crippen LogP contribution is -2.40. The van der Waals surface area contributed by atoms with Crippen LogP contribution in [0.15, 0.2) is 66.9 Å². The fraction of sp³-hybridized carbons (Fsp3) is 0.250. The van der Waals surface area contributed by atoms with Crippen molar-refractivity contribution in [3.05, 3.63) is 101 Å². The zero-order chi connectivity index (χ0) is 22.9. The van der Waals surface area contributed by atoms with Gasteiger partial charge in [-0.25, -0.2) is 4.39 Å². The Bertz CT molecular complexity index is 1250. The van der Waals surface area contributed by atoms with E-state index in [1.807, 2.05) is 48.7 Å². The van der Waals surface area contributed by atoms with Crippen molar-refractivity contribution >= 4 is 15.8 Å². The van der Waals surface area contributed by atoms with E-state index in [0.717, 1.165) is 22.5 Å². The standard InChI is InChI=1S/C24H25FN2O4S/c1-17-18(2)27(14-19-6-4-3-5-7-19)23-22(17)26-13-12-24(23,16-32(28,29)30)31-15-20-8-10-21(25)11-9-20/h3-13,26H,14-16H2,1-2H3,(H,28,29,30). The molecule has 2 N–H and O–H groups in total. The summed E-state index contributed by atoms with van der Waals surface area (Å²) in [5.74, 6) is -1.02. The van der Waals surface area contributed by atoms with Crippen molar-refractivity contribution in [3.8, 4) is 0 Å². The predicted octanol–water partition coefficient (Wildman–Crippen LogP) is 4.53. The second-order valence-corrected chi connectivity index (χ2v) is 9.47. The van der Waals surface area contributed by atoms with Gasteiger partial charge in [0, 0.05) is 18.4 Å². The van der Waals surface area contributed by atoms with Crippen LogP contribution in [0.4, 0.5) is 10.1 Å². The molecule has 2 heterocycles. The van der Waals surface area contributed by atoms with E-state index in [-0.39, 0.29) is 12.4 Å². The minimum Gasteiger partial charge on any atom is -0.360 e. The number of nitrogens with one attached hydrogen (secondary N) is 1. The second-order valence-electron chi connectivity index (χ2n) is 8.01. The van der Waals surface area contributed by atoms with Crippen LogP contribution in [0.3, 0.4) is 0 Å². The average molecular weight is 457 g/mol. The van der Waals surface area contributed by atoms with Crippen LogP contribution < -0.4 is 5.32 Å². The Kier molecular flexibility index (Phi) is 5.94. The van der Waals surface area contributed by atoms with Gasteiger partial charge < -0.3 is 14.6 Å². The maximum Gasteiger partial charge on any atom is 0.268 e. The van der Waals surface area contributed by atoms with Crippen LogP contribution in [-0.4, -0.2) is 23.3 Å². The van der Waals surface area contributed by atoms with Crippen molar-refractivity contribution in [2.45, 2.75) is 32.6 Å². The van der Waals surface area contributed by atoms with E-state index in [2.05, 4.69) is 5.32 Å². The van der Waals surface area contributed by atoms with Crippen molar-refractivity contribution in [3.63, 3.8) is 0 Å². The zero-order valence-corrected chi connectivity index (χ0v) is 18.7. The van der Waals surface area contributed by atoms with E-state index in [1.165, 1.54) is 12.1 Å². The van der Waals surface area contributed by atoms with Crippen LogP contribution in [0.5, 0.6) is 0 Å². The highest BCUT2D eigenvalue weighted by molar-refractivity contribution is 7.85. The fourth-order valence-electron chi connectivity index (χ4n) is 4.12. The van der Waals surface area contributed by atoms with Crippen LogP contribution in [0.2, 0.25) is 0 Å². The van der Waals surface area contributed by atoms with Crippen LogP contribution in [0.1, 0.15) is 28.1 Å². The van der Waals surface area contributed by atoms with Gasteiger partial charge in [-0.1, -0.05) is 42.5 Å². The quantitative estimate of drug-likeness (QED) is 0.511. The molecule has 2 aromatic carbocycles. The first kappa shape index (κ1) is 22.3. The number of benzene rings is 2. The molecule has 0 spiro atoms. The molecule has 8 heteroatoms. The minimum atomic E-state index is -4.41. The van der Waals surface area contributed by atoms with Crippen LogP contribution in [-0.2, 0) is 33.6 Å². The smallest absolute Gasteiger partial charge is 0.268 e. The normalized spacial score (nSPS) is 17.8. The van der Waals surface area contributed by atoms with E-state index >= 15 is 0 Å². The highest BCUT2D eigenvalue weighted by Crippen LogP contribution is 2.43. The van der Waals surface area contributed by atoms with Gasteiger partial charge in [-0.05, 0) is 48.7 Å². The summed E-state index contributed by atoms with van der Waals surface area (Å²) in [5, 5.41) is 3.22. The molecular formula is C24H25FN2O4S. The minimum absolute atomic E-state index is 0.0359. The molecular weight excluding hydrogens is 431 g/mol. The Morgan fingerprint density at radius 2 is 1.75 bits per heavy atom. The topological polar surface area (TPSA) is 80.6 Å². The molecule has 1 atom stereocenters. The summed E-state index contributed by atoms with van der Waals surface area (Å²) in [4.78, 5) is 0. The molecule has 0 bridgehead atoms. The van der Waals surface area contributed by atoms with Crippen LogP contribution in [0, 0.1) is 19.7 Å². The number of hydrogen-bond donors (Lipinski definition) is 2. The van der Waals surface area contributed by atoms with E-state index in [1.54, 1.807) is 24.4 Å². The predicted molar refractivity (Wildman–Crippen MR) is 121 cm³/mol. The maximum atomic E-state index is 13.3. The number of fused-ring (bicyclic) bond motifs is 1. The van der Waals surface area contributed by atoms with Gasteiger partial charge in [0.05, 0.1) is 18.0 Å². The summed E-state index contributed by atoms with van der Waals surface area (Å²) in [6.07, 6.45) is 3.25. The van der Waals surface area contributed by atoms with Gasteiger partial charge >= 0.3 is 0 Å². The number of anilines is 1. The van der Waals surface area contributed by atoms with Gasteiger partial charge in [-0.15, -0.1) is 0 Å². The van der Waals surface area contributed by atoms with Crippen molar-refractivity contribution < 1.29 is 22.1 Å². The first-order chi connectivity index (χ1) is 15.2. The van der Waals surface area contributed by atoms with E-state index in [4.69, 9.17) is 4.74 Å². The van der Waals surface area contributed by atoms with Crippen molar-refractivity contribution in [2.24, 2.45) is 0 Å².